The second-order valence-electron chi connectivity index (χ2n) is 4.47. The zero-order chi connectivity index (χ0) is 14.5. The second-order valence-corrected chi connectivity index (χ2v) is 4.91. The predicted octanol–water partition coefficient (Wildman–Crippen LogP) is 3.95. The molecule has 0 aliphatic heterocycles. The van der Waals surface area contributed by atoms with E-state index < -0.39 is 0 Å². The summed E-state index contributed by atoms with van der Waals surface area (Å²) in [5.41, 5.74) is 7.68. The van der Waals surface area contributed by atoms with Gasteiger partial charge in [0.1, 0.15) is 6.10 Å². The lowest BCUT2D eigenvalue weighted by Gasteiger charge is -2.20. The Kier molecular flexibility index (Phi) is 4.88. The zero-order valence-electron chi connectivity index (χ0n) is 11.6. The minimum absolute atomic E-state index is 0.100. The summed E-state index contributed by atoms with van der Waals surface area (Å²) in [6.07, 6.45) is -0.100. The number of hydrogen-bond acceptors (Lipinski definition) is 3. The van der Waals surface area contributed by atoms with Gasteiger partial charge in [-0.25, -0.2) is 0 Å². The molecule has 1 atom stereocenters. The SMILES string of the molecule is COc1cc(Cl)cc(CN)c1OC(C)c1ccccc1. The Hall–Kier alpha value is -1.71. The van der Waals surface area contributed by atoms with Crippen molar-refractivity contribution in [2.75, 3.05) is 7.11 Å². The molecule has 0 fully saturated rings. The Morgan fingerprint density at radius 3 is 2.50 bits per heavy atom. The van der Waals surface area contributed by atoms with Crippen molar-refractivity contribution < 1.29 is 9.47 Å². The maximum atomic E-state index is 6.04. The van der Waals surface area contributed by atoms with Crippen molar-refractivity contribution in [3.63, 3.8) is 0 Å². The molecule has 1 unspecified atom stereocenters. The number of ether oxygens (including phenoxy) is 2. The van der Waals surface area contributed by atoms with Crippen LogP contribution in [0.25, 0.3) is 0 Å². The van der Waals surface area contributed by atoms with E-state index in [9.17, 15) is 0 Å². The Balaban J connectivity index is 2.33. The first kappa shape index (κ1) is 14.7. The molecule has 0 saturated heterocycles. The van der Waals surface area contributed by atoms with Gasteiger partial charge in [0.15, 0.2) is 11.5 Å². The van der Waals surface area contributed by atoms with Crippen molar-refractivity contribution in [3.05, 3.63) is 58.6 Å². The van der Waals surface area contributed by atoms with Crippen LogP contribution in [0.1, 0.15) is 24.2 Å². The second kappa shape index (κ2) is 6.64. The molecule has 0 radical (unpaired) electrons. The molecule has 0 spiro atoms. The van der Waals surface area contributed by atoms with Gasteiger partial charge in [0, 0.05) is 23.2 Å². The fraction of sp³-hybridized carbons (Fsp3) is 0.250. The van der Waals surface area contributed by atoms with Gasteiger partial charge in [-0.05, 0) is 18.6 Å². The Morgan fingerprint density at radius 1 is 1.20 bits per heavy atom. The Morgan fingerprint density at radius 2 is 1.90 bits per heavy atom. The molecule has 4 heteroatoms. The summed E-state index contributed by atoms with van der Waals surface area (Å²) >= 11 is 6.04. The van der Waals surface area contributed by atoms with Crippen LogP contribution in [0.5, 0.6) is 11.5 Å². The van der Waals surface area contributed by atoms with E-state index in [0.29, 0.717) is 23.1 Å². The highest BCUT2D eigenvalue weighted by atomic mass is 35.5. The molecular formula is C16H18ClNO2. The summed E-state index contributed by atoms with van der Waals surface area (Å²) in [4.78, 5) is 0. The number of hydrogen-bond donors (Lipinski definition) is 1. The molecule has 2 rings (SSSR count). The molecular weight excluding hydrogens is 274 g/mol. The lowest BCUT2D eigenvalue weighted by atomic mass is 10.1. The molecule has 0 heterocycles. The van der Waals surface area contributed by atoms with E-state index in [1.165, 1.54) is 0 Å². The first-order valence-corrected chi connectivity index (χ1v) is 6.81. The average molecular weight is 292 g/mol. The van der Waals surface area contributed by atoms with E-state index in [-0.39, 0.29) is 6.10 Å². The fourth-order valence-corrected chi connectivity index (χ4v) is 2.26. The van der Waals surface area contributed by atoms with Crippen molar-refractivity contribution in [3.8, 4) is 11.5 Å². The van der Waals surface area contributed by atoms with Gasteiger partial charge >= 0.3 is 0 Å². The molecule has 2 aromatic rings. The van der Waals surface area contributed by atoms with Gasteiger partial charge in [-0.2, -0.15) is 0 Å². The van der Waals surface area contributed by atoms with Crippen molar-refractivity contribution in [2.45, 2.75) is 19.6 Å². The summed E-state index contributed by atoms with van der Waals surface area (Å²) in [6, 6.07) is 13.5. The van der Waals surface area contributed by atoms with Crippen LogP contribution in [-0.2, 0) is 6.54 Å². The quantitative estimate of drug-likeness (QED) is 0.907. The van der Waals surface area contributed by atoms with E-state index in [0.717, 1.165) is 11.1 Å². The van der Waals surface area contributed by atoms with Gasteiger partial charge in [0.2, 0.25) is 0 Å². The number of nitrogens with two attached hydrogens (primary N) is 1. The van der Waals surface area contributed by atoms with Crippen LogP contribution in [0.15, 0.2) is 42.5 Å². The van der Waals surface area contributed by atoms with Crippen LogP contribution in [-0.4, -0.2) is 7.11 Å². The largest absolute Gasteiger partial charge is 0.493 e. The highest BCUT2D eigenvalue weighted by Crippen LogP contribution is 2.37. The third kappa shape index (κ3) is 3.24. The summed E-state index contributed by atoms with van der Waals surface area (Å²) in [5.74, 6) is 1.25. The van der Waals surface area contributed by atoms with Crippen LogP contribution < -0.4 is 15.2 Å². The van der Waals surface area contributed by atoms with Gasteiger partial charge < -0.3 is 15.2 Å². The summed E-state index contributed by atoms with van der Waals surface area (Å²) in [5, 5.41) is 0.585. The molecule has 0 aliphatic carbocycles. The minimum Gasteiger partial charge on any atom is -0.493 e. The standard InChI is InChI=1S/C16H18ClNO2/c1-11(12-6-4-3-5-7-12)20-16-13(10-18)8-14(17)9-15(16)19-2/h3-9,11H,10,18H2,1-2H3. The highest BCUT2D eigenvalue weighted by Gasteiger charge is 2.15. The van der Waals surface area contributed by atoms with E-state index >= 15 is 0 Å². The van der Waals surface area contributed by atoms with Crippen molar-refractivity contribution in [2.24, 2.45) is 5.73 Å². The third-order valence-electron chi connectivity index (χ3n) is 3.10. The summed E-state index contributed by atoms with van der Waals surface area (Å²) < 4.78 is 11.4. The molecule has 106 valence electrons. The van der Waals surface area contributed by atoms with Crippen molar-refractivity contribution in [1.29, 1.82) is 0 Å². The maximum absolute atomic E-state index is 6.04. The third-order valence-corrected chi connectivity index (χ3v) is 3.32. The molecule has 0 aliphatic rings. The van der Waals surface area contributed by atoms with Gasteiger partial charge in [0.05, 0.1) is 7.11 Å². The summed E-state index contributed by atoms with van der Waals surface area (Å²) in [6.45, 7) is 2.33. The van der Waals surface area contributed by atoms with Crippen LogP contribution in [0.4, 0.5) is 0 Å². The van der Waals surface area contributed by atoms with Crippen LogP contribution >= 0.6 is 11.6 Å². The smallest absolute Gasteiger partial charge is 0.166 e. The van der Waals surface area contributed by atoms with E-state index in [1.807, 2.05) is 37.3 Å². The molecule has 3 nitrogen and oxygen atoms in total. The minimum atomic E-state index is -0.100. The van der Waals surface area contributed by atoms with E-state index in [2.05, 4.69) is 0 Å². The number of rotatable bonds is 5. The lowest BCUT2D eigenvalue weighted by Crippen LogP contribution is -2.08. The fourth-order valence-electron chi connectivity index (χ4n) is 2.03. The average Bonchev–Trinajstić information content (AvgIpc) is 2.49. The Bertz CT molecular complexity index is 547. The molecule has 0 saturated carbocycles. The molecule has 2 N–H and O–H groups in total. The predicted molar refractivity (Wildman–Crippen MR) is 81.4 cm³/mol. The van der Waals surface area contributed by atoms with Gasteiger partial charge in [-0.1, -0.05) is 41.9 Å². The topological polar surface area (TPSA) is 44.5 Å². The lowest BCUT2D eigenvalue weighted by molar-refractivity contribution is 0.213. The first-order valence-electron chi connectivity index (χ1n) is 6.43. The number of benzene rings is 2. The number of halogens is 1. The Labute approximate surface area is 124 Å². The van der Waals surface area contributed by atoms with Gasteiger partial charge in [-0.3, -0.25) is 0 Å². The highest BCUT2D eigenvalue weighted by molar-refractivity contribution is 6.30. The zero-order valence-corrected chi connectivity index (χ0v) is 12.4. The monoisotopic (exact) mass is 291 g/mol. The number of methoxy groups -OCH3 is 1. The normalized spacial score (nSPS) is 12.0. The van der Waals surface area contributed by atoms with Crippen molar-refractivity contribution >= 4 is 11.6 Å². The molecule has 0 aromatic heterocycles. The first-order chi connectivity index (χ1) is 9.65. The van der Waals surface area contributed by atoms with Gasteiger partial charge in [0.25, 0.3) is 0 Å². The molecule has 20 heavy (non-hydrogen) atoms. The van der Waals surface area contributed by atoms with Crippen LogP contribution in [0, 0.1) is 0 Å². The maximum Gasteiger partial charge on any atom is 0.166 e. The molecule has 2 aromatic carbocycles. The summed E-state index contributed by atoms with van der Waals surface area (Å²) in [7, 11) is 1.59. The van der Waals surface area contributed by atoms with Gasteiger partial charge in [-0.15, -0.1) is 0 Å². The van der Waals surface area contributed by atoms with E-state index in [1.54, 1.807) is 19.2 Å². The molecule has 0 amide bonds. The van der Waals surface area contributed by atoms with Crippen molar-refractivity contribution in [1.82, 2.24) is 0 Å². The van der Waals surface area contributed by atoms with Crippen LogP contribution in [0.3, 0.4) is 0 Å². The van der Waals surface area contributed by atoms with E-state index in [4.69, 9.17) is 26.8 Å². The van der Waals surface area contributed by atoms with Crippen LogP contribution in [0.2, 0.25) is 5.02 Å². The molecule has 0 bridgehead atoms.